The monoisotopic (exact) mass is 242 g/mol. The summed E-state index contributed by atoms with van der Waals surface area (Å²) in [5, 5.41) is 5.21. The minimum atomic E-state index is 0.152. The Balaban J connectivity index is 2.11. The molecule has 0 radical (unpaired) electrons. The van der Waals surface area contributed by atoms with Crippen LogP contribution in [0.25, 0.3) is 10.8 Å². The van der Waals surface area contributed by atoms with E-state index in [9.17, 15) is 4.79 Å². The van der Waals surface area contributed by atoms with Crippen molar-refractivity contribution in [1.82, 2.24) is 9.88 Å². The van der Waals surface area contributed by atoms with Gasteiger partial charge >= 0.3 is 0 Å². The second kappa shape index (κ2) is 4.58. The van der Waals surface area contributed by atoms with Crippen LogP contribution in [0.15, 0.2) is 35.3 Å². The van der Waals surface area contributed by atoms with Crippen molar-refractivity contribution >= 4 is 10.8 Å². The lowest BCUT2D eigenvalue weighted by atomic mass is 10.0. The summed E-state index contributed by atoms with van der Waals surface area (Å²) in [5.41, 5.74) is 1.35. The van der Waals surface area contributed by atoms with E-state index in [4.69, 9.17) is 0 Å². The van der Waals surface area contributed by atoms with Crippen LogP contribution in [0, 0.1) is 6.92 Å². The molecule has 0 bridgehead atoms. The van der Waals surface area contributed by atoms with Crippen LogP contribution in [0.5, 0.6) is 0 Å². The third kappa shape index (κ3) is 1.95. The molecular formula is C15H18N2O. The normalized spacial score (nSPS) is 17.2. The van der Waals surface area contributed by atoms with Crippen LogP contribution in [0.3, 0.4) is 0 Å². The van der Waals surface area contributed by atoms with Gasteiger partial charge in [0.05, 0.1) is 0 Å². The molecule has 0 aliphatic carbocycles. The van der Waals surface area contributed by atoms with E-state index in [2.05, 4.69) is 24.4 Å². The molecule has 0 amide bonds. The number of fused-ring (bicyclic) bond motifs is 1. The summed E-state index contributed by atoms with van der Waals surface area (Å²) in [5.74, 6) is 0. The van der Waals surface area contributed by atoms with Crippen molar-refractivity contribution in [2.24, 2.45) is 0 Å². The molecule has 94 valence electrons. The highest BCUT2D eigenvalue weighted by atomic mass is 16.1. The fraction of sp³-hybridized carbons (Fsp3) is 0.400. The maximum Gasteiger partial charge on any atom is 0.258 e. The smallest absolute Gasteiger partial charge is 0.258 e. The third-order valence-corrected chi connectivity index (χ3v) is 3.79. The van der Waals surface area contributed by atoms with E-state index in [1.54, 1.807) is 0 Å². The van der Waals surface area contributed by atoms with Crippen molar-refractivity contribution in [3.05, 3.63) is 46.4 Å². The molecule has 0 unspecified atom stereocenters. The number of rotatable bonds is 1. The summed E-state index contributed by atoms with van der Waals surface area (Å²) >= 11 is 0. The van der Waals surface area contributed by atoms with Crippen molar-refractivity contribution in [2.75, 3.05) is 13.1 Å². The lowest BCUT2D eigenvalue weighted by Gasteiger charge is -2.25. The van der Waals surface area contributed by atoms with E-state index in [0.717, 1.165) is 36.7 Å². The summed E-state index contributed by atoms with van der Waals surface area (Å²) < 4.78 is 1.92. The molecular weight excluding hydrogens is 224 g/mol. The molecule has 2 aromatic rings. The average Bonchev–Trinajstić information content (AvgIpc) is 2.40. The Hall–Kier alpha value is -1.61. The van der Waals surface area contributed by atoms with Crippen LogP contribution in [0.1, 0.15) is 24.4 Å². The van der Waals surface area contributed by atoms with Crippen LogP contribution in [0.2, 0.25) is 0 Å². The van der Waals surface area contributed by atoms with Crippen molar-refractivity contribution in [2.45, 2.75) is 25.8 Å². The van der Waals surface area contributed by atoms with Gasteiger partial charge in [0.25, 0.3) is 5.56 Å². The Kier molecular flexibility index (Phi) is 2.92. The molecule has 3 nitrogen and oxygen atoms in total. The van der Waals surface area contributed by atoms with Gasteiger partial charge in [-0.3, -0.25) is 4.79 Å². The van der Waals surface area contributed by atoms with E-state index in [1.807, 2.05) is 22.9 Å². The summed E-state index contributed by atoms with van der Waals surface area (Å²) in [7, 11) is 0. The number of benzene rings is 1. The zero-order chi connectivity index (χ0) is 12.5. The first-order chi connectivity index (χ1) is 8.75. The first-order valence-electron chi connectivity index (χ1n) is 6.58. The van der Waals surface area contributed by atoms with Gasteiger partial charge in [0, 0.05) is 17.6 Å². The molecule has 1 aromatic heterocycles. The molecule has 1 N–H and O–H groups in total. The van der Waals surface area contributed by atoms with Gasteiger partial charge in [-0.25, -0.2) is 0 Å². The van der Waals surface area contributed by atoms with Gasteiger partial charge in [-0.1, -0.05) is 17.7 Å². The number of hydrogen-bond donors (Lipinski definition) is 1. The van der Waals surface area contributed by atoms with Crippen LogP contribution in [0.4, 0.5) is 0 Å². The maximum atomic E-state index is 12.5. The number of nitrogens with one attached hydrogen (secondary N) is 1. The Morgan fingerprint density at radius 1 is 1.22 bits per heavy atom. The summed E-state index contributed by atoms with van der Waals surface area (Å²) in [4.78, 5) is 12.5. The van der Waals surface area contributed by atoms with Gasteiger partial charge in [-0.05, 0) is 50.4 Å². The summed E-state index contributed by atoms with van der Waals surface area (Å²) in [6, 6.07) is 8.44. The van der Waals surface area contributed by atoms with Crippen molar-refractivity contribution < 1.29 is 0 Å². The van der Waals surface area contributed by atoms with Crippen LogP contribution in [-0.2, 0) is 0 Å². The van der Waals surface area contributed by atoms with Gasteiger partial charge in [-0.15, -0.1) is 0 Å². The zero-order valence-electron chi connectivity index (χ0n) is 10.6. The van der Waals surface area contributed by atoms with Crippen molar-refractivity contribution in [3.8, 4) is 0 Å². The molecule has 1 fully saturated rings. The molecule has 1 aromatic carbocycles. The highest BCUT2D eigenvalue weighted by Crippen LogP contribution is 2.19. The van der Waals surface area contributed by atoms with Gasteiger partial charge in [0.15, 0.2) is 0 Å². The molecule has 2 heterocycles. The zero-order valence-corrected chi connectivity index (χ0v) is 10.6. The highest BCUT2D eigenvalue weighted by molar-refractivity contribution is 5.82. The predicted octanol–water partition coefficient (Wildman–Crippen LogP) is 2.23. The Morgan fingerprint density at radius 2 is 2.00 bits per heavy atom. The van der Waals surface area contributed by atoms with E-state index in [1.165, 1.54) is 5.56 Å². The fourth-order valence-electron chi connectivity index (χ4n) is 2.75. The SMILES string of the molecule is Cc1ccc2c(=O)n(C3CCNCC3)ccc2c1. The van der Waals surface area contributed by atoms with Crippen molar-refractivity contribution in [3.63, 3.8) is 0 Å². The van der Waals surface area contributed by atoms with E-state index in [-0.39, 0.29) is 5.56 Å². The lowest BCUT2D eigenvalue weighted by molar-refractivity contribution is 0.362. The van der Waals surface area contributed by atoms with Crippen LogP contribution in [-0.4, -0.2) is 17.7 Å². The largest absolute Gasteiger partial charge is 0.317 e. The maximum absolute atomic E-state index is 12.5. The number of piperidine rings is 1. The number of aromatic nitrogens is 1. The summed E-state index contributed by atoms with van der Waals surface area (Å²) in [6.07, 6.45) is 4.04. The van der Waals surface area contributed by atoms with Gasteiger partial charge in [0.2, 0.25) is 0 Å². The van der Waals surface area contributed by atoms with Crippen LogP contribution < -0.4 is 10.9 Å². The molecule has 3 rings (SSSR count). The minimum absolute atomic E-state index is 0.152. The molecule has 1 aliphatic rings. The lowest BCUT2D eigenvalue weighted by Crippen LogP contribution is -2.34. The number of pyridine rings is 1. The minimum Gasteiger partial charge on any atom is -0.317 e. The molecule has 0 atom stereocenters. The first kappa shape index (κ1) is 11.5. The molecule has 1 saturated heterocycles. The van der Waals surface area contributed by atoms with Crippen molar-refractivity contribution in [1.29, 1.82) is 0 Å². The Bertz CT molecular complexity index is 624. The van der Waals surface area contributed by atoms with Gasteiger partial charge in [0.1, 0.15) is 0 Å². The molecule has 1 aliphatic heterocycles. The number of aryl methyl sites for hydroxylation is 1. The van der Waals surface area contributed by atoms with Gasteiger partial charge < -0.3 is 9.88 Å². The molecule has 0 saturated carbocycles. The van der Waals surface area contributed by atoms with Crippen LogP contribution >= 0.6 is 0 Å². The van der Waals surface area contributed by atoms with E-state index < -0.39 is 0 Å². The first-order valence-corrected chi connectivity index (χ1v) is 6.58. The second-order valence-corrected chi connectivity index (χ2v) is 5.10. The van der Waals surface area contributed by atoms with E-state index >= 15 is 0 Å². The quantitative estimate of drug-likeness (QED) is 0.832. The van der Waals surface area contributed by atoms with Gasteiger partial charge in [-0.2, -0.15) is 0 Å². The molecule has 18 heavy (non-hydrogen) atoms. The number of nitrogens with zero attached hydrogens (tertiary/aromatic N) is 1. The molecule has 0 spiro atoms. The van der Waals surface area contributed by atoms with E-state index in [0.29, 0.717) is 6.04 Å². The molecule has 3 heteroatoms. The summed E-state index contributed by atoms with van der Waals surface area (Å²) in [6.45, 7) is 4.06. The average molecular weight is 242 g/mol. The highest BCUT2D eigenvalue weighted by Gasteiger charge is 2.16. The Labute approximate surface area is 106 Å². The fourth-order valence-corrected chi connectivity index (χ4v) is 2.75. The Morgan fingerprint density at radius 3 is 2.78 bits per heavy atom. The topological polar surface area (TPSA) is 34.0 Å². The third-order valence-electron chi connectivity index (χ3n) is 3.79. The number of hydrogen-bond acceptors (Lipinski definition) is 2. The predicted molar refractivity (Wildman–Crippen MR) is 74.1 cm³/mol. The second-order valence-electron chi connectivity index (χ2n) is 5.10. The standard InChI is InChI=1S/C15H18N2O/c1-11-2-3-14-12(10-11)6-9-17(15(14)18)13-4-7-16-8-5-13/h2-3,6,9-10,13,16H,4-5,7-8H2,1H3.